The molecule has 0 aliphatic carbocycles. The Hall–Kier alpha value is -1.56. The van der Waals surface area contributed by atoms with Gasteiger partial charge in [0.25, 0.3) is 0 Å². The monoisotopic (exact) mass is 295 g/mol. The Bertz CT molecular complexity index is 469. The van der Waals surface area contributed by atoms with E-state index in [0.29, 0.717) is 0 Å². The third-order valence-corrected chi connectivity index (χ3v) is 2.88. The highest BCUT2D eigenvalue weighted by Crippen LogP contribution is 2.22. The van der Waals surface area contributed by atoms with Gasteiger partial charge < -0.3 is 11.1 Å². The maximum atomic E-state index is 5.88. The van der Waals surface area contributed by atoms with Crippen molar-refractivity contribution in [1.29, 1.82) is 0 Å². The molecule has 17 heavy (non-hydrogen) atoms. The Kier molecular flexibility index (Phi) is 3.98. The molecule has 0 aliphatic heterocycles. The molecule has 0 bridgehead atoms. The van der Waals surface area contributed by atoms with Crippen LogP contribution in [0.3, 0.4) is 0 Å². The second kappa shape index (κ2) is 5.67. The summed E-state index contributed by atoms with van der Waals surface area (Å²) in [6.07, 6.45) is 3.38. The topological polar surface area (TPSA) is 79.6 Å². The molecule has 4 N–H and O–H groups in total. The maximum absolute atomic E-state index is 5.88. The van der Waals surface area contributed by atoms with Gasteiger partial charge in [-0.25, -0.2) is 4.98 Å². The lowest BCUT2D eigenvalue weighted by atomic mass is 10.2. The molecule has 6 heteroatoms. The summed E-state index contributed by atoms with van der Waals surface area (Å²) < 4.78 is 0.988. The van der Waals surface area contributed by atoms with Crippen LogP contribution in [-0.2, 0) is 6.42 Å². The normalized spacial score (nSPS) is 10.4. The van der Waals surface area contributed by atoms with Gasteiger partial charge in [0.15, 0.2) is 0 Å². The largest absolute Gasteiger partial charge is 0.397 e. The fraction of sp³-hybridized carbons (Fsp3) is 0.273. The fourth-order valence-corrected chi connectivity index (χ4v) is 1.90. The zero-order chi connectivity index (χ0) is 12.1. The molecule has 1 aromatic heterocycles. The summed E-state index contributed by atoms with van der Waals surface area (Å²) in [5.74, 6) is 0.913. The van der Waals surface area contributed by atoms with Gasteiger partial charge in [-0.1, -0.05) is 15.9 Å². The minimum absolute atomic E-state index is 0.749. The number of hydrogen-bond donors (Lipinski definition) is 3. The molecule has 1 aromatic carbocycles. The fourth-order valence-electron chi connectivity index (χ4n) is 1.52. The third-order valence-electron chi connectivity index (χ3n) is 2.38. The van der Waals surface area contributed by atoms with Crippen LogP contribution in [-0.4, -0.2) is 21.7 Å². The van der Waals surface area contributed by atoms with Crippen molar-refractivity contribution in [2.45, 2.75) is 12.8 Å². The molecule has 0 fully saturated rings. The van der Waals surface area contributed by atoms with Gasteiger partial charge in [-0.15, -0.1) is 0 Å². The van der Waals surface area contributed by atoms with Gasteiger partial charge in [-0.05, 0) is 24.6 Å². The average Bonchev–Trinajstić information content (AvgIpc) is 2.79. The van der Waals surface area contributed by atoms with E-state index in [9.17, 15) is 0 Å². The van der Waals surface area contributed by atoms with Crippen LogP contribution in [0.25, 0.3) is 0 Å². The number of aromatic nitrogens is 3. The molecule has 0 radical (unpaired) electrons. The maximum Gasteiger partial charge on any atom is 0.137 e. The predicted molar refractivity (Wildman–Crippen MR) is 71.7 cm³/mol. The summed E-state index contributed by atoms with van der Waals surface area (Å²) in [5, 5.41) is 9.93. The van der Waals surface area contributed by atoms with E-state index in [1.807, 2.05) is 18.2 Å². The number of anilines is 2. The summed E-state index contributed by atoms with van der Waals surface area (Å²) >= 11 is 3.38. The number of nitrogens with two attached hydrogens (primary N) is 1. The van der Waals surface area contributed by atoms with Crippen LogP contribution in [0, 0.1) is 0 Å². The van der Waals surface area contributed by atoms with Gasteiger partial charge >= 0.3 is 0 Å². The summed E-state index contributed by atoms with van der Waals surface area (Å²) in [6, 6.07) is 5.82. The van der Waals surface area contributed by atoms with Gasteiger partial charge in [0, 0.05) is 17.4 Å². The average molecular weight is 296 g/mol. The molecule has 2 rings (SSSR count). The molecule has 0 atom stereocenters. The quantitative estimate of drug-likeness (QED) is 0.583. The molecule has 0 saturated carbocycles. The Morgan fingerprint density at radius 1 is 1.41 bits per heavy atom. The number of nitrogen functional groups attached to an aromatic ring is 1. The first-order chi connectivity index (χ1) is 8.25. The predicted octanol–water partition coefficient (Wildman–Crippen LogP) is 2.19. The summed E-state index contributed by atoms with van der Waals surface area (Å²) in [5.41, 5.74) is 7.59. The number of H-pyrrole nitrogens is 1. The van der Waals surface area contributed by atoms with Crippen LogP contribution in [0.15, 0.2) is 29.0 Å². The first kappa shape index (κ1) is 11.9. The molecule has 2 aromatic rings. The van der Waals surface area contributed by atoms with E-state index in [2.05, 4.69) is 36.4 Å². The number of aryl methyl sites for hydroxylation is 1. The van der Waals surface area contributed by atoms with Crippen molar-refractivity contribution in [2.75, 3.05) is 17.6 Å². The molecule has 0 unspecified atom stereocenters. The van der Waals surface area contributed by atoms with Crippen molar-refractivity contribution in [3.05, 3.63) is 34.8 Å². The van der Waals surface area contributed by atoms with E-state index in [4.69, 9.17) is 5.73 Å². The van der Waals surface area contributed by atoms with Crippen molar-refractivity contribution in [3.8, 4) is 0 Å². The third kappa shape index (κ3) is 3.45. The summed E-state index contributed by atoms with van der Waals surface area (Å²) in [7, 11) is 0. The van der Waals surface area contributed by atoms with Crippen LogP contribution >= 0.6 is 15.9 Å². The van der Waals surface area contributed by atoms with Gasteiger partial charge in [-0.3, -0.25) is 5.10 Å². The SMILES string of the molecule is Nc1cc(Br)ccc1NCCCc1ncn[nH]1. The standard InChI is InChI=1S/C11H14BrN5/c12-8-3-4-10(9(13)6-8)14-5-1-2-11-15-7-16-17-11/h3-4,6-7,14H,1-2,5,13H2,(H,15,16,17). The zero-order valence-electron chi connectivity index (χ0n) is 9.28. The highest BCUT2D eigenvalue weighted by atomic mass is 79.9. The Balaban J connectivity index is 1.78. The van der Waals surface area contributed by atoms with E-state index < -0.39 is 0 Å². The second-order valence-corrected chi connectivity index (χ2v) is 4.61. The minimum atomic E-state index is 0.749. The zero-order valence-corrected chi connectivity index (χ0v) is 10.9. The van der Waals surface area contributed by atoms with Crippen molar-refractivity contribution >= 4 is 27.3 Å². The Morgan fingerprint density at radius 3 is 3.00 bits per heavy atom. The van der Waals surface area contributed by atoms with E-state index in [1.54, 1.807) is 0 Å². The minimum Gasteiger partial charge on any atom is -0.397 e. The highest BCUT2D eigenvalue weighted by molar-refractivity contribution is 9.10. The number of nitrogens with one attached hydrogen (secondary N) is 2. The van der Waals surface area contributed by atoms with Crippen molar-refractivity contribution < 1.29 is 0 Å². The lowest BCUT2D eigenvalue weighted by molar-refractivity contribution is 0.806. The first-order valence-electron chi connectivity index (χ1n) is 5.39. The first-order valence-corrected chi connectivity index (χ1v) is 6.18. The van der Waals surface area contributed by atoms with Crippen LogP contribution in [0.1, 0.15) is 12.2 Å². The number of rotatable bonds is 5. The number of benzene rings is 1. The van der Waals surface area contributed by atoms with Crippen molar-refractivity contribution in [2.24, 2.45) is 0 Å². The van der Waals surface area contributed by atoms with Crippen LogP contribution in [0.5, 0.6) is 0 Å². The van der Waals surface area contributed by atoms with Crippen LogP contribution in [0.2, 0.25) is 0 Å². The molecule has 0 amide bonds. The number of nitrogens with zero attached hydrogens (tertiary/aromatic N) is 2. The molecule has 1 heterocycles. The number of aromatic amines is 1. The second-order valence-electron chi connectivity index (χ2n) is 3.69. The van der Waals surface area contributed by atoms with Crippen LogP contribution in [0.4, 0.5) is 11.4 Å². The van der Waals surface area contributed by atoms with Gasteiger partial charge in [0.2, 0.25) is 0 Å². The highest BCUT2D eigenvalue weighted by Gasteiger charge is 1.99. The van der Waals surface area contributed by atoms with E-state index in [0.717, 1.165) is 41.1 Å². The van der Waals surface area contributed by atoms with Gasteiger partial charge in [0.1, 0.15) is 12.2 Å². The van der Waals surface area contributed by atoms with Crippen molar-refractivity contribution in [1.82, 2.24) is 15.2 Å². The smallest absolute Gasteiger partial charge is 0.137 e. The van der Waals surface area contributed by atoms with Crippen LogP contribution < -0.4 is 11.1 Å². The molecule has 0 saturated heterocycles. The molecule has 5 nitrogen and oxygen atoms in total. The lowest BCUT2D eigenvalue weighted by Gasteiger charge is -2.08. The molecule has 90 valence electrons. The lowest BCUT2D eigenvalue weighted by Crippen LogP contribution is -2.05. The molecule has 0 aliphatic rings. The summed E-state index contributed by atoms with van der Waals surface area (Å²) in [4.78, 5) is 4.06. The molecule has 0 spiro atoms. The summed E-state index contributed by atoms with van der Waals surface area (Å²) in [6.45, 7) is 0.854. The number of hydrogen-bond acceptors (Lipinski definition) is 4. The van der Waals surface area contributed by atoms with Crippen molar-refractivity contribution in [3.63, 3.8) is 0 Å². The van der Waals surface area contributed by atoms with E-state index in [1.165, 1.54) is 6.33 Å². The van der Waals surface area contributed by atoms with Gasteiger partial charge in [0.05, 0.1) is 11.4 Å². The molecular formula is C11H14BrN5. The Labute approximate surface area is 108 Å². The van der Waals surface area contributed by atoms with Gasteiger partial charge in [-0.2, -0.15) is 5.10 Å². The van der Waals surface area contributed by atoms with E-state index >= 15 is 0 Å². The number of halogens is 1. The van der Waals surface area contributed by atoms with E-state index in [-0.39, 0.29) is 0 Å². The molecular weight excluding hydrogens is 282 g/mol. The Morgan fingerprint density at radius 2 is 2.29 bits per heavy atom.